The number of carbonyl (C=O) groups excluding carboxylic acids is 3. The molecule has 0 aliphatic heterocycles. The van der Waals surface area contributed by atoms with Gasteiger partial charge in [0.25, 0.3) is 0 Å². The van der Waals surface area contributed by atoms with Crippen LogP contribution in [0.5, 0.6) is 0 Å². The zero-order valence-electron chi connectivity index (χ0n) is 22.8. The summed E-state index contributed by atoms with van der Waals surface area (Å²) in [5.74, 6) is -3.88. The molecule has 4 fully saturated rings. The lowest BCUT2D eigenvalue weighted by Gasteiger charge is -2.62. The Morgan fingerprint density at radius 2 is 1.65 bits per heavy atom. The first-order chi connectivity index (χ1) is 17.2. The Kier molecular flexibility index (Phi) is 6.25. The third-order valence-electron chi connectivity index (χ3n) is 11.2. The van der Waals surface area contributed by atoms with Gasteiger partial charge in [-0.15, -0.1) is 0 Å². The summed E-state index contributed by atoms with van der Waals surface area (Å²) in [5.41, 5.74) is -2.74. The molecule has 0 spiro atoms. The van der Waals surface area contributed by atoms with Crippen molar-refractivity contribution < 1.29 is 39.2 Å². The number of aliphatic hydroxyl groups is 3. The maximum absolute atomic E-state index is 13.7. The van der Waals surface area contributed by atoms with Crippen LogP contribution in [-0.2, 0) is 23.9 Å². The van der Waals surface area contributed by atoms with Gasteiger partial charge in [-0.1, -0.05) is 33.6 Å². The van der Waals surface area contributed by atoms with Crippen LogP contribution in [0, 0.1) is 52.3 Å². The van der Waals surface area contributed by atoms with Gasteiger partial charge < -0.3 is 24.8 Å². The predicted molar refractivity (Wildman–Crippen MR) is 132 cm³/mol. The molecule has 3 N–H and O–H groups in total. The minimum Gasteiger partial charge on any atom is -0.462 e. The Labute approximate surface area is 218 Å². The Morgan fingerprint density at radius 1 is 0.973 bits per heavy atom. The number of rotatable bonds is 2. The molecule has 13 atom stereocenters. The molecule has 0 aromatic rings. The fourth-order valence-electron chi connectivity index (χ4n) is 10.2. The normalized spacial score (nSPS) is 52.7. The standard InChI is InChI=1S/C29H42O8/c1-13-11-18(36-14(2)30)29(6,35)23-20(13)28(5)12-17(32)21-19(22(28)26(23)37-15(3)31)25(34)24(33)16-9-7-8-10-27(16,21)4/h11,13,16-17,19-23,25-26,32,34-35H,7-10,12H2,1-6H3/t13-,16?,17+,19-,20?,21?,22?,23+,25-,26-,27+,28-,29+/m1/s1. The molecule has 0 heterocycles. The molecule has 37 heavy (non-hydrogen) atoms. The average molecular weight is 519 g/mol. The Balaban J connectivity index is 1.68. The van der Waals surface area contributed by atoms with Crippen LogP contribution >= 0.6 is 0 Å². The van der Waals surface area contributed by atoms with Crippen molar-refractivity contribution >= 4 is 17.7 Å². The van der Waals surface area contributed by atoms with Gasteiger partial charge in [0.05, 0.1) is 6.10 Å². The van der Waals surface area contributed by atoms with Gasteiger partial charge >= 0.3 is 11.9 Å². The summed E-state index contributed by atoms with van der Waals surface area (Å²) in [6.45, 7) is 10.3. The summed E-state index contributed by atoms with van der Waals surface area (Å²) in [6.07, 6.45) is 2.74. The summed E-state index contributed by atoms with van der Waals surface area (Å²) in [7, 11) is 0. The third kappa shape index (κ3) is 3.61. The lowest BCUT2D eigenvalue weighted by molar-refractivity contribution is -0.214. The van der Waals surface area contributed by atoms with Crippen LogP contribution in [0.25, 0.3) is 0 Å². The lowest BCUT2D eigenvalue weighted by Crippen LogP contribution is -2.66. The fraction of sp³-hybridized carbons (Fsp3) is 0.828. The predicted octanol–water partition coefficient (Wildman–Crippen LogP) is 2.77. The number of aliphatic hydroxyl groups excluding tert-OH is 2. The van der Waals surface area contributed by atoms with Crippen molar-refractivity contribution in [3.63, 3.8) is 0 Å². The van der Waals surface area contributed by atoms with Crippen molar-refractivity contribution in [2.24, 2.45) is 52.3 Å². The van der Waals surface area contributed by atoms with Crippen molar-refractivity contribution in [1.82, 2.24) is 0 Å². The number of allylic oxidation sites excluding steroid dienone is 1. The quantitative estimate of drug-likeness (QED) is 0.476. The Hall–Kier alpha value is -1.77. The van der Waals surface area contributed by atoms with Crippen LogP contribution in [0.1, 0.15) is 73.6 Å². The number of hydrogen-bond acceptors (Lipinski definition) is 8. The summed E-state index contributed by atoms with van der Waals surface area (Å²) < 4.78 is 11.5. The molecule has 8 heteroatoms. The van der Waals surface area contributed by atoms with E-state index in [1.54, 1.807) is 13.0 Å². The number of fused-ring (bicyclic) bond motifs is 7. The van der Waals surface area contributed by atoms with Gasteiger partial charge in [-0.25, -0.2) is 0 Å². The average Bonchev–Trinajstić information content (AvgIpc) is 3.03. The van der Waals surface area contributed by atoms with E-state index in [9.17, 15) is 29.7 Å². The van der Waals surface area contributed by atoms with Crippen molar-refractivity contribution in [3.05, 3.63) is 11.8 Å². The van der Waals surface area contributed by atoms with Gasteiger partial charge in [-0.2, -0.15) is 0 Å². The Morgan fingerprint density at radius 3 is 2.27 bits per heavy atom. The highest BCUT2D eigenvalue weighted by Crippen LogP contribution is 2.71. The van der Waals surface area contributed by atoms with E-state index >= 15 is 0 Å². The SMILES string of the molecule is CC(=O)OC1=C[C@@H](C)C2[C@@H]([C@H](OC(C)=O)C3[C@H]4C([C@@H](O)C[C@@]32C)[C@@]2(C)CCCCC2C(=O)[C@@H]4O)[C@@]1(C)O. The van der Waals surface area contributed by atoms with E-state index < -0.39 is 64.4 Å². The second-order valence-corrected chi connectivity index (χ2v) is 13.3. The van der Waals surface area contributed by atoms with Crippen LogP contribution < -0.4 is 0 Å². The monoisotopic (exact) mass is 518 g/mol. The molecule has 4 unspecified atom stereocenters. The van der Waals surface area contributed by atoms with Crippen LogP contribution in [-0.4, -0.2) is 57.0 Å². The molecule has 8 nitrogen and oxygen atoms in total. The molecule has 5 rings (SSSR count). The first-order valence-electron chi connectivity index (χ1n) is 13.9. The second-order valence-electron chi connectivity index (χ2n) is 13.3. The van der Waals surface area contributed by atoms with Crippen LogP contribution in [0.4, 0.5) is 0 Å². The minimum absolute atomic E-state index is 0.129. The van der Waals surface area contributed by atoms with E-state index in [4.69, 9.17) is 9.47 Å². The first kappa shape index (κ1) is 26.8. The molecule has 0 amide bonds. The molecule has 0 saturated heterocycles. The largest absolute Gasteiger partial charge is 0.462 e. The summed E-state index contributed by atoms with van der Waals surface area (Å²) in [6, 6.07) is 0. The van der Waals surface area contributed by atoms with E-state index in [1.807, 2.05) is 13.8 Å². The highest BCUT2D eigenvalue weighted by Gasteiger charge is 2.75. The highest BCUT2D eigenvalue weighted by atomic mass is 16.6. The number of ketones is 1. The molecule has 0 aromatic carbocycles. The third-order valence-corrected chi connectivity index (χ3v) is 11.2. The highest BCUT2D eigenvalue weighted by molar-refractivity contribution is 5.87. The van der Waals surface area contributed by atoms with Gasteiger partial charge in [0, 0.05) is 37.5 Å². The second kappa shape index (κ2) is 8.62. The maximum atomic E-state index is 13.7. The summed E-state index contributed by atoms with van der Waals surface area (Å²) in [4.78, 5) is 38.0. The van der Waals surface area contributed by atoms with Gasteiger partial charge in [0.1, 0.15) is 23.6 Å². The fourth-order valence-corrected chi connectivity index (χ4v) is 10.2. The minimum atomic E-state index is -1.63. The molecule has 5 aliphatic rings. The maximum Gasteiger partial charge on any atom is 0.307 e. The number of hydrogen-bond donors (Lipinski definition) is 3. The van der Waals surface area contributed by atoms with Crippen molar-refractivity contribution in [3.8, 4) is 0 Å². The molecular formula is C29H42O8. The van der Waals surface area contributed by atoms with E-state index in [-0.39, 0.29) is 35.2 Å². The smallest absolute Gasteiger partial charge is 0.307 e. The zero-order valence-corrected chi connectivity index (χ0v) is 22.8. The van der Waals surface area contributed by atoms with E-state index in [1.165, 1.54) is 13.8 Å². The summed E-state index contributed by atoms with van der Waals surface area (Å²) >= 11 is 0. The first-order valence-corrected chi connectivity index (χ1v) is 13.9. The van der Waals surface area contributed by atoms with Gasteiger partial charge in [0.15, 0.2) is 5.78 Å². The van der Waals surface area contributed by atoms with E-state index in [2.05, 4.69) is 6.92 Å². The molecule has 0 aromatic heterocycles. The van der Waals surface area contributed by atoms with Gasteiger partial charge in [0.2, 0.25) is 0 Å². The van der Waals surface area contributed by atoms with Crippen molar-refractivity contribution in [2.45, 2.75) is 97.6 Å². The number of carbonyl (C=O) groups is 3. The number of ether oxygens (including phenoxy) is 2. The Bertz CT molecular complexity index is 1030. The molecule has 5 aliphatic carbocycles. The lowest BCUT2D eigenvalue weighted by atomic mass is 9.42. The number of Topliss-reactive ketones (excluding diaryl/α,β-unsaturated/α-hetero) is 1. The summed E-state index contributed by atoms with van der Waals surface area (Å²) in [5, 5.41) is 35.3. The molecule has 0 bridgehead atoms. The molecule has 0 radical (unpaired) electrons. The van der Waals surface area contributed by atoms with E-state index in [0.717, 1.165) is 19.3 Å². The van der Waals surface area contributed by atoms with Crippen molar-refractivity contribution in [1.29, 1.82) is 0 Å². The number of esters is 2. The van der Waals surface area contributed by atoms with Crippen LogP contribution in [0.2, 0.25) is 0 Å². The van der Waals surface area contributed by atoms with Crippen LogP contribution in [0.15, 0.2) is 11.8 Å². The topological polar surface area (TPSA) is 130 Å². The molecule has 206 valence electrons. The molecule has 4 saturated carbocycles. The molecular weight excluding hydrogens is 476 g/mol. The van der Waals surface area contributed by atoms with Gasteiger partial charge in [-0.05, 0) is 60.8 Å². The van der Waals surface area contributed by atoms with Gasteiger partial charge in [-0.3, -0.25) is 14.4 Å². The van der Waals surface area contributed by atoms with Crippen molar-refractivity contribution in [2.75, 3.05) is 0 Å². The van der Waals surface area contributed by atoms with Crippen LogP contribution in [0.3, 0.4) is 0 Å². The zero-order chi connectivity index (χ0) is 27.2. The van der Waals surface area contributed by atoms with E-state index in [0.29, 0.717) is 12.8 Å².